The third-order valence-corrected chi connectivity index (χ3v) is 4.49. The highest BCUT2D eigenvalue weighted by atomic mass is 35.5. The maximum absolute atomic E-state index is 11.9. The molecular weight excluding hydrogens is 388 g/mol. The van der Waals surface area contributed by atoms with E-state index in [1.165, 1.54) is 0 Å². The van der Waals surface area contributed by atoms with Crippen LogP contribution in [-0.2, 0) is 4.79 Å². The van der Waals surface area contributed by atoms with Crippen LogP contribution in [0.2, 0.25) is 5.02 Å². The predicted molar refractivity (Wildman–Crippen MR) is 102 cm³/mol. The standard InChI is InChI=1S/C18H15ClN4O3S/c1-11-3-2-4-13(9-11)17-22-23-18(26-17)27-10-15(24)20-21-16(25)12-5-7-14(19)8-6-12/h2-9H,10H2,1H3,(H,20,24)(H,21,25). The highest BCUT2D eigenvalue weighted by molar-refractivity contribution is 7.99. The van der Waals surface area contributed by atoms with Gasteiger partial charge in [-0.25, -0.2) is 0 Å². The number of benzene rings is 2. The summed E-state index contributed by atoms with van der Waals surface area (Å²) in [5, 5.41) is 8.68. The van der Waals surface area contributed by atoms with E-state index in [1.54, 1.807) is 24.3 Å². The minimum absolute atomic E-state index is 0.0103. The molecule has 2 amide bonds. The molecule has 27 heavy (non-hydrogen) atoms. The van der Waals surface area contributed by atoms with Crippen LogP contribution in [0.1, 0.15) is 15.9 Å². The van der Waals surface area contributed by atoms with Crippen LogP contribution in [0, 0.1) is 6.92 Å². The Hall–Kier alpha value is -2.84. The summed E-state index contributed by atoms with van der Waals surface area (Å²) in [6.07, 6.45) is 0. The van der Waals surface area contributed by atoms with Crippen LogP contribution < -0.4 is 10.9 Å². The number of hydrogen-bond acceptors (Lipinski definition) is 6. The van der Waals surface area contributed by atoms with Crippen LogP contribution in [0.3, 0.4) is 0 Å². The van der Waals surface area contributed by atoms with Gasteiger partial charge in [0.25, 0.3) is 11.1 Å². The molecule has 0 aliphatic heterocycles. The van der Waals surface area contributed by atoms with E-state index >= 15 is 0 Å². The number of hydrogen-bond donors (Lipinski definition) is 2. The molecule has 7 nitrogen and oxygen atoms in total. The van der Waals surface area contributed by atoms with Gasteiger partial charge in [-0.1, -0.05) is 41.1 Å². The summed E-state index contributed by atoms with van der Waals surface area (Å²) in [6.45, 7) is 1.97. The topological polar surface area (TPSA) is 97.1 Å². The van der Waals surface area contributed by atoms with Gasteiger partial charge in [0.05, 0.1) is 5.75 Å². The fraction of sp³-hybridized carbons (Fsp3) is 0.111. The van der Waals surface area contributed by atoms with Gasteiger partial charge in [0.1, 0.15) is 0 Å². The quantitative estimate of drug-likeness (QED) is 0.502. The number of nitrogens with zero attached hydrogens (tertiary/aromatic N) is 2. The van der Waals surface area contributed by atoms with Crippen LogP contribution in [0.25, 0.3) is 11.5 Å². The highest BCUT2D eigenvalue weighted by Gasteiger charge is 2.12. The summed E-state index contributed by atoms with van der Waals surface area (Å²) < 4.78 is 5.54. The van der Waals surface area contributed by atoms with Crippen molar-refractivity contribution < 1.29 is 14.0 Å². The Labute approximate surface area is 164 Å². The van der Waals surface area contributed by atoms with E-state index in [-0.39, 0.29) is 11.0 Å². The number of carbonyl (C=O) groups is 2. The molecule has 0 atom stereocenters. The van der Waals surface area contributed by atoms with E-state index < -0.39 is 11.8 Å². The molecule has 0 fully saturated rings. The van der Waals surface area contributed by atoms with Gasteiger partial charge < -0.3 is 4.42 Å². The molecule has 138 valence electrons. The molecule has 0 saturated heterocycles. The second-order valence-electron chi connectivity index (χ2n) is 5.54. The smallest absolute Gasteiger partial charge is 0.277 e. The lowest BCUT2D eigenvalue weighted by atomic mass is 10.1. The summed E-state index contributed by atoms with van der Waals surface area (Å²) in [6, 6.07) is 14.0. The number of hydrazine groups is 1. The molecule has 0 radical (unpaired) electrons. The first-order chi connectivity index (χ1) is 13.0. The molecule has 2 N–H and O–H groups in total. The van der Waals surface area contributed by atoms with Crippen LogP contribution in [0.15, 0.2) is 58.2 Å². The van der Waals surface area contributed by atoms with Gasteiger partial charge in [0.2, 0.25) is 11.8 Å². The number of thioether (sulfide) groups is 1. The van der Waals surface area contributed by atoms with Crippen molar-refractivity contribution in [1.82, 2.24) is 21.0 Å². The van der Waals surface area contributed by atoms with E-state index in [4.69, 9.17) is 16.0 Å². The minimum atomic E-state index is -0.440. The monoisotopic (exact) mass is 402 g/mol. The number of nitrogens with one attached hydrogen (secondary N) is 2. The summed E-state index contributed by atoms with van der Waals surface area (Å²) in [5.41, 5.74) is 6.93. The number of aryl methyl sites for hydroxylation is 1. The zero-order valence-electron chi connectivity index (χ0n) is 14.2. The zero-order chi connectivity index (χ0) is 19.2. The summed E-state index contributed by atoms with van der Waals surface area (Å²) in [5.74, 6) is -0.448. The van der Waals surface area contributed by atoms with Crippen molar-refractivity contribution in [2.45, 2.75) is 12.1 Å². The maximum atomic E-state index is 11.9. The molecule has 3 rings (SSSR count). The fourth-order valence-corrected chi connectivity index (χ4v) is 2.82. The highest BCUT2D eigenvalue weighted by Crippen LogP contribution is 2.23. The average Bonchev–Trinajstić information content (AvgIpc) is 3.14. The molecule has 3 aromatic rings. The van der Waals surface area contributed by atoms with Crippen molar-refractivity contribution in [3.63, 3.8) is 0 Å². The number of halogens is 1. The van der Waals surface area contributed by atoms with Crippen LogP contribution in [0.4, 0.5) is 0 Å². The first-order valence-electron chi connectivity index (χ1n) is 7.89. The number of aromatic nitrogens is 2. The largest absolute Gasteiger partial charge is 0.411 e. The third kappa shape index (κ3) is 5.32. The van der Waals surface area contributed by atoms with Crippen molar-refractivity contribution in [2.75, 3.05) is 5.75 Å². The normalized spacial score (nSPS) is 10.4. The zero-order valence-corrected chi connectivity index (χ0v) is 15.8. The lowest BCUT2D eigenvalue weighted by Crippen LogP contribution is -2.42. The molecule has 0 spiro atoms. The molecule has 1 heterocycles. The van der Waals surface area contributed by atoms with Gasteiger partial charge in [-0.2, -0.15) is 0 Å². The third-order valence-electron chi connectivity index (χ3n) is 3.42. The van der Waals surface area contributed by atoms with Crippen molar-refractivity contribution in [3.05, 3.63) is 64.7 Å². The minimum Gasteiger partial charge on any atom is -0.411 e. The van der Waals surface area contributed by atoms with Crippen LogP contribution >= 0.6 is 23.4 Å². The molecule has 0 bridgehead atoms. The lowest BCUT2D eigenvalue weighted by molar-refractivity contribution is -0.119. The van der Waals surface area contributed by atoms with Gasteiger partial charge in [-0.3, -0.25) is 20.4 Å². The van der Waals surface area contributed by atoms with Crippen molar-refractivity contribution in [3.8, 4) is 11.5 Å². The van der Waals surface area contributed by atoms with E-state index in [1.807, 2.05) is 31.2 Å². The average molecular weight is 403 g/mol. The van der Waals surface area contributed by atoms with Crippen molar-refractivity contribution >= 4 is 35.2 Å². The SMILES string of the molecule is Cc1cccc(-c2nnc(SCC(=O)NNC(=O)c3ccc(Cl)cc3)o2)c1. The van der Waals surface area contributed by atoms with Crippen LogP contribution in [0.5, 0.6) is 0 Å². The molecule has 1 aromatic heterocycles. The molecule has 9 heteroatoms. The molecule has 2 aromatic carbocycles. The number of carbonyl (C=O) groups excluding carboxylic acids is 2. The van der Waals surface area contributed by atoms with Gasteiger partial charge in [0, 0.05) is 16.1 Å². The van der Waals surface area contributed by atoms with Crippen molar-refractivity contribution in [2.24, 2.45) is 0 Å². The van der Waals surface area contributed by atoms with Crippen molar-refractivity contribution in [1.29, 1.82) is 0 Å². The Balaban J connectivity index is 1.48. The first-order valence-corrected chi connectivity index (χ1v) is 9.26. The molecule has 0 saturated carbocycles. The summed E-state index contributed by atoms with van der Waals surface area (Å²) in [7, 11) is 0. The molecule has 0 aliphatic rings. The van der Waals surface area contributed by atoms with E-state index in [0.717, 1.165) is 22.9 Å². The maximum Gasteiger partial charge on any atom is 0.277 e. The van der Waals surface area contributed by atoms with Gasteiger partial charge in [0.15, 0.2) is 0 Å². The Morgan fingerprint density at radius 2 is 1.89 bits per heavy atom. The molecular formula is C18H15ClN4O3S. The molecule has 0 aliphatic carbocycles. The Bertz CT molecular complexity index is 959. The van der Waals surface area contributed by atoms with E-state index in [9.17, 15) is 9.59 Å². The second-order valence-corrected chi connectivity index (χ2v) is 6.90. The first kappa shape index (κ1) is 18.9. The number of rotatable bonds is 5. The van der Waals surface area contributed by atoms with Gasteiger partial charge in [-0.05, 0) is 43.3 Å². The predicted octanol–water partition coefficient (Wildman–Crippen LogP) is 3.25. The Morgan fingerprint density at radius 3 is 2.63 bits per heavy atom. The number of amides is 2. The summed E-state index contributed by atoms with van der Waals surface area (Å²) in [4.78, 5) is 23.8. The Morgan fingerprint density at radius 1 is 1.11 bits per heavy atom. The second kappa shape index (κ2) is 8.70. The van der Waals surface area contributed by atoms with E-state index in [0.29, 0.717) is 16.5 Å². The fourth-order valence-electron chi connectivity index (χ4n) is 2.13. The van der Waals surface area contributed by atoms with Gasteiger partial charge >= 0.3 is 0 Å². The lowest BCUT2D eigenvalue weighted by Gasteiger charge is -2.06. The summed E-state index contributed by atoms with van der Waals surface area (Å²) >= 11 is 6.84. The van der Waals surface area contributed by atoms with Gasteiger partial charge in [-0.15, -0.1) is 10.2 Å². The Kier molecular flexibility index (Phi) is 6.10. The van der Waals surface area contributed by atoms with E-state index in [2.05, 4.69) is 21.0 Å². The van der Waals surface area contributed by atoms with Crippen LogP contribution in [-0.4, -0.2) is 27.8 Å². The molecule has 0 unspecified atom stereocenters.